The lowest BCUT2D eigenvalue weighted by atomic mass is 10.1. The Morgan fingerprint density at radius 3 is 2.57 bits per heavy atom. The molecule has 6 nitrogen and oxygen atoms in total. The Kier molecular flexibility index (Phi) is 6.52. The highest BCUT2D eigenvalue weighted by molar-refractivity contribution is 5.93. The highest BCUT2D eigenvalue weighted by Gasteiger charge is 2.11. The molecule has 6 heteroatoms. The van der Waals surface area contributed by atoms with Crippen molar-refractivity contribution in [2.24, 2.45) is 5.92 Å². The van der Waals surface area contributed by atoms with Crippen molar-refractivity contribution in [1.82, 2.24) is 5.32 Å². The van der Waals surface area contributed by atoms with Crippen LogP contribution in [-0.2, 0) is 4.79 Å². The molecule has 0 bridgehead atoms. The number of carbonyl (C=O) groups is 2. The van der Waals surface area contributed by atoms with Gasteiger partial charge >= 0.3 is 12.0 Å². The summed E-state index contributed by atoms with van der Waals surface area (Å²) in [6, 6.07) is 7.24. The van der Waals surface area contributed by atoms with Crippen LogP contribution < -0.4 is 15.5 Å². The van der Waals surface area contributed by atoms with Crippen LogP contribution in [0.25, 0.3) is 0 Å². The summed E-state index contributed by atoms with van der Waals surface area (Å²) in [6.45, 7) is 2.11. The monoisotopic (exact) mass is 293 g/mol. The number of nitrogens with one attached hydrogen (secondary N) is 2. The second-order valence-corrected chi connectivity index (χ2v) is 5.17. The number of carboxylic acid groups (broad SMARTS) is 1. The maximum Gasteiger partial charge on any atom is 0.319 e. The fraction of sp³-hybridized carbons (Fsp3) is 0.467. The minimum absolute atomic E-state index is 0.285. The van der Waals surface area contributed by atoms with Gasteiger partial charge in [0, 0.05) is 20.6 Å². The predicted octanol–water partition coefficient (Wildman–Crippen LogP) is 2.38. The lowest BCUT2D eigenvalue weighted by Gasteiger charge is -2.18. The van der Waals surface area contributed by atoms with E-state index in [2.05, 4.69) is 10.6 Å². The molecular weight excluding hydrogens is 270 g/mol. The Morgan fingerprint density at radius 1 is 1.29 bits per heavy atom. The number of urea groups is 1. The summed E-state index contributed by atoms with van der Waals surface area (Å²) in [4.78, 5) is 24.4. The molecule has 1 atom stereocenters. The molecule has 1 unspecified atom stereocenters. The molecule has 0 fully saturated rings. The minimum atomic E-state index is -0.806. The van der Waals surface area contributed by atoms with Gasteiger partial charge in [0.25, 0.3) is 0 Å². The van der Waals surface area contributed by atoms with Gasteiger partial charge in [-0.05, 0) is 25.0 Å². The van der Waals surface area contributed by atoms with Crippen molar-refractivity contribution >= 4 is 23.4 Å². The van der Waals surface area contributed by atoms with Crippen LogP contribution in [0, 0.1) is 5.92 Å². The number of aliphatic carboxylic acids is 1. The van der Waals surface area contributed by atoms with Gasteiger partial charge in [0.15, 0.2) is 0 Å². The zero-order valence-electron chi connectivity index (χ0n) is 12.7. The van der Waals surface area contributed by atoms with E-state index in [4.69, 9.17) is 5.11 Å². The first kappa shape index (κ1) is 16.8. The third-order valence-electron chi connectivity index (χ3n) is 3.16. The summed E-state index contributed by atoms with van der Waals surface area (Å²) >= 11 is 0. The largest absolute Gasteiger partial charge is 0.481 e. The van der Waals surface area contributed by atoms with E-state index in [1.165, 1.54) is 0 Å². The van der Waals surface area contributed by atoms with Gasteiger partial charge in [-0.25, -0.2) is 4.79 Å². The first-order valence-corrected chi connectivity index (χ1v) is 6.96. The number of hydrogen-bond donors (Lipinski definition) is 3. The summed E-state index contributed by atoms with van der Waals surface area (Å²) in [5.41, 5.74) is 1.66. The van der Waals surface area contributed by atoms with Crippen molar-refractivity contribution in [1.29, 1.82) is 0 Å². The number of nitrogens with zero attached hydrogens (tertiary/aromatic N) is 1. The first-order valence-electron chi connectivity index (χ1n) is 6.96. The number of amides is 2. The number of rotatable bonds is 7. The molecule has 0 saturated heterocycles. The van der Waals surface area contributed by atoms with Gasteiger partial charge in [-0.2, -0.15) is 0 Å². The molecule has 0 saturated carbocycles. The van der Waals surface area contributed by atoms with Crippen LogP contribution in [-0.4, -0.2) is 37.7 Å². The topological polar surface area (TPSA) is 81.7 Å². The van der Waals surface area contributed by atoms with Gasteiger partial charge in [0.1, 0.15) is 0 Å². The van der Waals surface area contributed by atoms with Crippen LogP contribution in [0.1, 0.15) is 19.8 Å². The molecule has 0 heterocycles. The number of carboxylic acids is 1. The summed E-state index contributed by atoms with van der Waals surface area (Å²) in [5.74, 6) is -1.19. The molecule has 0 aliphatic rings. The zero-order chi connectivity index (χ0) is 15.8. The van der Waals surface area contributed by atoms with E-state index in [-0.39, 0.29) is 11.9 Å². The predicted molar refractivity (Wildman–Crippen MR) is 83.8 cm³/mol. The van der Waals surface area contributed by atoms with Gasteiger partial charge in [-0.15, -0.1) is 0 Å². The van der Waals surface area contributed by atoms with Crippen LogP contribution >= 0.6 is 0 Å². The fourth-order valence-electron chi connectivity index (χ4n) is 1.87. The minimum Gasteiger partial charge on any atom is -0.481 e. The summed E-state index contributed by atoms with van der Waals surface area (Å²) in [7, 11) is 3.82. The Labute approximate surface area is 125 Å². The lowest BCUT2D eigenvalue weighted by Crippen LogP contribution is -2.30. The maximum absolute atomic E-state index is 11.8. The number of carbonyl (C=O) groups excluding carboxylic acids is 1. The molecule has 1 aromatic rings. The highest BCUT2D eigenvalue weighted by Crippen LogP contribution is 2.23. The van der Waals surface area contributed by atoms with E-state index in [0.29, 0.717) is 19.4 Å². The summed E-state index contributed by atoms with van der Waals surface area (Å²) < 4.78 is 0. The van der Waals surface area contributed by atoms with Crippen LogP contribution in [0.5, 0.6) is 0 Å². The van der Waals surface area contributed by atoms with Crippen molar-refractivity contribution in [2.75, 3.05) is 30.9 Å². The van der Waals surface area contributed by atoms with Crippen LogP contribution in [0.3, 0.4) is 0 Å². The quantitative estimate of drug-likeness (QED) is 0.674. The molecule has 0 spiro atoms. The molecule has 0 aromatic heterocycles. The third kappa shape index (κ3) is 5.72. The third-order valence-corrected chi connectivity index (χ3v) is 3.16. The van der Waals surface area contributed by atoms with E-state index in [1.54, 1.807) is 6.92 Å². The molecule has 21 heavy (non-hydrogen) atoms. The Balaban J connectivity index is 2.39. The average molecular weight is 293 g/mol. The van der Waals surface area contributed by atoms with Crippen molar-refractivity contribution in [3.63, 3.8) is 0 Å². The van der Waals surface area contributed by atoms with Crippen LogP contribution in [0.4, 0.5) is 16.2 Å². The molecule has 3 N–H and O–H groups in total. The van der Waals surface area contributed by atoms with Crippen LogP contribution in [0.15, 0.2) is 24.3 Å². The van der Waals surface area contributed by atoms with E-state index in [1.807, 2.05) is 43.3 Å². The SMILES string of the molecule is CC(CCCNC(=O)Nc1ccccc1N(C)C)C(=O)O. The Hall–Kier alpha value is -2.24. The van der Waals surface area contributed by atoms with E-state index < -0.39 is 5.97 Å². The maximum atomic E-state index is 11.8. The average Bonchev–Trinajstić information content (AvgIpc) is 2.43. The molecule has 0 aliphatic carbocycles. The van der Waals surface area contributed by atoms with Crippen molar-refractivity contribution in [2.45, 2.75) is 19.8 Å². The van der Waals surface area contributed by atoms with Crippen molar-refractivity contribution in [3.8, 4) is 0 Å². The van der Waals surface area contributed by atoms with E-state index in [9.17, 15) is 9.59 Å². The van der Waals surface area contributed by atoms with Gasteiger partial charge < -0.3 is 20.6 Å². The normalized spacial score (nSPS) is 11.6. The molecule has 1 aromatic carbocycles. The molecule has 116 valence electrons. The highest BCUT2D eigenvalue weighted by atomic mass is 16.4. The molecule has 0 aliphatic heterocycles. The first-order chi connectivity index (χ1) is 9.91. The molecule has 2 amide bonds. The Bertz CT molecular complexity index is 489. The van der Waals surface area contributed by atoms with Crippen molar-refractivity contribution < 1.29 is 14.7 Å². The summed E-state index contributed by atoms with van der Waals surface area (Å²) in [5, 5.41) is 14.3. The number of benzene rings is 1. The van der Waals surface area contributed by atoms with Crippen LogP contribution in [0.2, 0.25) is 0 Å². The summed E-state index contributed by atoms with van der Waals surface area (Å²) in [6.07, 6.45) is 1.18. The van der Waals surface area contributed by atoms with E-state index >= 15 is 0 Å². The molecule has 1 rings (SSSR count). The second kappa shape index (κ2) is 8.14. The van der Waals surface area contributed by atoms with Gasteiger partial charge in [0.2, 0.25) is 0 Å². The lowest BCUT2D eigenvalue weighted by molar-refractivity contribution is -0.141. The van der Waals surface area contributed by atoms with Gasteiger partial charge in [-0.1, -0.05) is 19.1 Å². The van der Waals surface area contributed by atoms with E-state index in [0.717, 1.165) is 11.4 Å². The van der Waals surface area contributed by atoms with Crippen molar-refractivity contribution in [3.05, 3.63) is 24.3 Å². The number of anilines is 2. The smallest absolute Gasteiger partial charge is 0.319 e. The standard InChI is InChI=1S/C15H23N3O3/c1-11(14(19)20)7-6-10-16-15(21)17-12-8-4-5-9-13(12)18(2)3/h4-5,8-9,11H,6-7,10H2,1-3H3,(H,19,20)(H2,16,17,21). The van der Waals surface area contributed by atoms with Gasteiger partial charge in [0.05, 0.1) is 17.3 Å². The fourth-order valence-corrected chi connectivity index (χ4v) is 1.87. The number of hydrogen-bond acceptors (Lipinski definition) is 3. The van der Waals surface area contributed by atoms with Gasteiger partial charge in [-0.3, -0.25) is 4.79 Å². The zero-order valence-corrected chi connectivity index (χ0v) is 12.7. The number of para-hydroxylation sites is 2. The Morgan fingerprint density at radius 2 is 1.95 bits per heavy atom. The second-order valence-electron chi connectivity index (χ2n) is 5.17. The molecular formula is C15H23N3O3. The molecule has 0 radical (unpaired) electrons.